The molecule has 1 aromatic rings. The van der Waals surface area contributed by atoms with Crippen LogP contribution in [0.4, 0.5) is 14.5 Å². The molecule has 0 unspecified atom stereocenters. The highest BCUT2D eigenvalue weighted by Gasteiger charge is 2.20. The summed E-state index contributed by atoms with van der Waals surface area (Å²) in [4.78, 5) is 11.8. The standard InChI is InChI=1S/C12H14F2N2O/c13-9-6-10(14)11(15)5-8(9)12(17)16-7-3-1-2-4-7/h5-7H,1-4,15H2,(H,16,17). The fourth-order valence-corrected chi connectivity index (χ4v) is 2.07. The molecule has 1 saturated carbocycles. The predicted molar refractivity (Wildman–Crippen MR) is 60.5 cm³/mol. The van der Waals surface area contributed by atoms with Gasteiger partial charge in [0.25, 0.3) is 5.91 Å². The van der Waals surface area contributed by atoms with Gasteiger partial charge in [0.05, 0.1) is 11.3 Å². The topological polar surface area (TPSA) is 55.1 Å². The van der Waals surface area contributed by atoms with E-state index in [1.807, 2.05) is 0 Å². The highest BCUT2D eigenvalue weighted by atomic mass is 19.1. The molecular formula is C12H14F2N2O. The zero-order valence-corrected chi connectivity index (χ0v) is 9.30. The molecule has 3 nitrogen and oxygen atoms in total. The third-order valence-corrected chi connectivity index (χ3v) is 3.02. The van der Waals surface area contributed by atoms with Gasteiger partial charge in [-0.05, 0) is 18.9 Å². The van der Waals surface area contributed by atoms with E-state index in [0.717, 1.165) is 31.7 Å². The quantitative estimate of drug-likeness (QED) is 0.779. The minimum atomic E-state index is -0.882. The zero-order valence-electron chi connectivity index (χ0n) is 9.30. The Morgan fingerprint density at radius 2 is 1.88 bits per heavy atom. The first-order chi connectivity index (χ1) is 8.08. The number of nitrogens with two attached hydrogens (primary N) is 1. The number of hydrogen-bond acceptors (Lipinski definition) is 2. The zero-order chi connectivity index (χ0) is 12.4. The van der Waals surface area contributed by atoms with Crippen LogP contribution in [0.15, 0.2) is 12.1 Å². The number of carbonyl (C=O) groups excluding carboxylic acids is 1. The van der Waals surface area contributed by atoms with E-state index in [0.29, 0.717) is 6.07 Å². The van der Waals surface area contributed by atoms with Crippen molar-refractivity contribution in [2.75, 3.05) is 5.73 Å². The summed E-state index contributed by atoms with van der Waals surface area (Å²) in [7, 11) is 0. The third-order valence-electron chi connectivity index (χ3n) is 3.02. The maximum Gasteiger partial charge on any atom is 0.254 e. The number of halogens is 2. The number of carbonyl (C=O) groups is 1. The number of rotatable bonds is 2. The Morgan fingerprint density at radius 3 is 2.53 bits per heavy atom. The molecule has 1 amide bonds. The van der Waals surface area contributed by atoms with Crippen molar-refractivity contribution in [1.82, 2.24) is 5.32 Å². The molecule has 92 valence electrons. The van der Waals surface area contributed by atoms with Crippen LogP contribution in [0.5, 0.6) is 0 Å². The van der Waals surface area contributed by atoms with Crippen molar-refractivity contribution in [1.29, 1.82) is 0 Å². The van der Waals surface area contributed by atoms with Gasteiger partial charge in [-0.1, -0.05) is 12.8 Å². The summed E-state index contributed by atoms with van der Waals surface area (Å²) >= 11 is 0. The van der Waals surface area contributed by atoms with Crippen molar-refractivity contribution in [3.63, 3.8) is 0 Å². The van der Waals surface area contributed by atoms with Gasteiger partial charge in [-0.2, -0.15) is 0 Å². The average molecular weight is 240 g/mol. The molecular weight excluding hydrogens is 226 g/mol. The van der Waals surface area contributed by atoms with Crippen LogP contribution in [0.2, 0.25) is 0 Å². The van der Waals surface area contributed by atoms with E-state index in [-0.39, 0.29) is 17.3 Å². The van der Waals surface area contributed by atoms with E-state index < -0.39 is 17.5 Å². The van der Waals surface area contributed by atoms with Crippen molar-refractivity contribution < 1.29 is 13.6 Å². The van der Waals surface area contributed by atoms with Crippen LogP contribution in [-0.2, 0) is 0 Å². The molecule has 1 aliphatic rings. The molecule has 0 atom stereocenters. The monoisotopic (exact) mass is 240 g/mol. The minimum absolute atomic E-state index is 0.0909. The van der Waals surface area contributed by atoms with E-state index >= 15 is 0 Å². The fourth-order valence-electron chi connectivity index (χ4n) is 2.07. The Balaban J connectivity index is 2.15. The summed E-state index contributed by atoms with van der Waals surface area (Å²) in [5, 5.41) is 2.73. The molecule has 1 aliphatic carbocycles. The second-order valence-electron chi connectivity index (χ2n) is 4.31. The van der Waals surface area contributed by atoms with Crippen LogP contribution in [0.1, 0.15) is 36.0 Å². The molecule has 3 N–H and O–H groups in total. The van der Waals surface area contributed by atoms with E-state index in [1.165, 1.54) is 0 Å². The molecule has 0 aromatic heterocycles. The Morgan fingerprint density at radius 1 is 1.24 bits per heavy atom. The number of amides is 1. The van der Waals surface area contributed by atoms with Crippen molar-refractivity contribution >= 4 is 11.6 Å². The maximum atomic E-state index is 13.4. The van der Waals surface area contributed by atoms with Crippen LogP contribution in [0, 0.1) is 11.6 Å². The van der Waals surface area contributed by atoms with Crippen molar-refractivity contribution in [3.8, 4) is 0 Å². The minimum Gasteiger partial charge on any atom is -0.396 e. The van der Waals surface area contributed by atoms with E-state index in [9.17, 15) is 13.6 Å². The lowest BCUT2D eigenvalue weighted by molar-refractivity contribution is 0.0934. The van der Waals surface area contributed by atoms with Gasteiger partial charge >= 0.3 is 0 Å². The second kappa shape index (κ2) is 4.69. The van der Waals surface area contributed by atoms with Gasteiger partial charge in [0.1, 0.15) is 11.6 Å². The highest BCUT2D eigenvalue weighted by molar-refractivity contribution is 5.95. The molecule has 0 aliphatic heterocycles. The summed E-state index contributed by atoms with van der Waals surface area (Å²) in [5.41, 5.74) is 4.90. The third kappa shape index (κ3) is 2.54. The SMILES string of the molecule is Nc1cc(C(=O)NC2CCCC2)c(F)cc1F. The van der Waals surface area contributed by atoms with Crippen molar-refractivity contribution in [3.05, 3.63) is 29.3 Å². The number of nitrogens with one attached hydrogen (secondary N) is 1. The summed E-state index contributed by atoms with van der Waals surface area (Å²) in [6.07, 6.45) is 3.95. The van der Waals surface area contributed by atoms with E-state index in [2.05, 4.69) is 5.32 Å². The van der Waals surface area contributed by atoms with Crippen LogP contribution in [-0.4, -0.2) is 11.9 Å². The largest absolute Gasteiger partial charge is 0.396 e. The fraction of sp³-hybridized carbons (Fsp3) is 0.417. The summed E-state index contributed by atoms with van der Waals surface area (Å²) in [6.45, 7) is 0. The lowest BCUT2D eigenvalue weighted by Crippen LogP contribution is -2.33. The molecule has 0 radical (unpaired) electrons. The molecule has 1 aromatic carbocycles. The Hall–Kier alpha value is -1.65. The first-order valence-corrected chi connectivity index (χ1v) is 5.63. The molecule has 0 spiro atoms. The molecule has 17 heavy (non-hydrogen) atoms. The summed E-state index contributed by atoms with van der Waals surface area (Å²) in [6, 6.07) is 1.77. The number of nitrogen functional groups attached to an aromatic ring is 1. The molecule has 2 rings (SSSR count). The lowest BCUT2D eigenvalue weighted by atomic mass is 10.1. The number of anilines is 1. The first-order valence-electron chi connectivity index (χ1n) is 5.63. The normalized spacial score (nSPS) is 16.1. The Bertz CT molecular complexity index is 442. The molecule has 0 saturated heterocycles. The van der Waals surface area contributed by atoms with Gasteiger partial charge in [-0.25, -0.2) is 8.78 Å². The lowest BCUT2D eigenvalue weighted by Gasteiger charge is -2.12. The average Bonchev–Trinajstić information content (AvgIpc) is 2.76. The smallest absolute Gasteiger partial charge is 0.254 e. The second-order valence-corrected chi connectivity index (χ2v) is 4.31. The van der Waals surface area contributed by atoms with Gasteiger partial charge in [-0.3, -0.25) is 4.79 Å². The Kier molecular flexibility index (Phi) is 3.26. The molecule has 5 heteroatoms. The van der Waals surface area contributed by atoms with Gasteiger partial charge in [0, 0.05) is 12.1 Å². The van der Waals surface area contributed by atoms with Crippen LogP contribution >= 0.6 is 0 Å². The van der Waals surface area contributed by atoms with Gasteiger partial charge in [0.2, 0.25) is 0 Å². The summed E-state index contributed by atoms with van der Waals surface area (Å²) in [5.74, 6) is -2.26. The first kappa shape index (κ1) is 11.8. The molecule has 1 fully saturated rings. The van der Waals surface area contributed by atoms with Crippen molar-refractivity contribution in [2.24, 2.45) is 0 Å². The van der Waals surface area contributed by atoms with Gasteiger partial charge in [-0.15, -0.1) is 0 Å². The van der Waals surface area contributed by atoms with E-state index in [4.69, 9.17) is 5.73 Å². The number of benzene rings is 1. The van der Waals surface area contributed by atoms with Crippen LogP contribution in [0.25, 0.3) is 0 Å². The van der Waals surface area contributed by atoms with Gasteiger partial charge < -0.3 is 11.1 Å². The molecule has 0 bridgehead atoms. The van der Waals surface area contributed by atoms with E-state index in [1.54, 1.807) is 0 Å². The van der Waals surface area contributed by atoms with Crippen LogP contribution < -0.4 is 11.1 Å². The van der Waals surface area contributed by atoms with Crippen LogP contribution in [0.3, 0.4) is 0 Å². The number of hydrogen-bond donors (Lipinski definition) is 2. The predicted octanol–water partition coefficient (Wildman–Crippen LogP) is 2.22. The Labute approximate surface area is 98.0 Å². The highest BCUT2D eigenvalue weighted by Crippen LogP contribution is 2.20. The van der Waals surface area contributed by atoms with Crippen molar-refractivity contribution in [2.45, 2.75) is 31.7 Å². The summed E-state index contributed by atoms with van der Waals surface area (Å²) < 4.78 is 26.3. The maximum absolute atomic E-state index is 13.4. The molecule has 0 heterocycles. The van der Waals surface area contributed by atoms with Gasteiger partial charge in [0.15, 0.2) is 0 Å².